The summed E-state index contributed by atoms with van der Waals surface area (Å²) in [6.07, 6.45) is 0.375. The van der Waals surface area contributed by atoms with Crippen molar-refractivity contribution in [2.24, 2.45) is 0 Å². The number of carboxylic acid groups (broad SMARTS) is 1. The van der Waals surface area contributed by atoms with Crippen molar-refractivity contribution in [3.63, 3.8) is 0 Å². The fourth-order valence-electron chi connectivity index (χ4n) is 5.89. The number of methoxy groups -OCH3 is 1. The Labute approximate surface area is 241 Å². The largest absolute Gasteiger partial charge is 0.496 e. The van der Waals surface area contributed by atoms with Gasteiger partial charge < -0.3 is 19.5 Å². The van der Waals surface area contributed by atoms with E-state index in [9.17, 15) is 14.7 Å². The molecule has 2 fully saturated rings. The van der Waals surface area contributed by atoms with E-state index in [0.717, 1.165) is 64.4 Å². The fraction of sp³-hybridized carbons (Fsp3) is 0.424. The van der Waals surface area contributed by atoms with Gasteiger partial charge in [-0.15, -0.1) is 0 Å². The topological polar surface area (TPSA) is 92.2 Å². The van der Waals surface area contributed by atoms with Crippen molar-refractivity contribution in [3.8, 4) is 16.9 Å². The lowest BCUT2D eigenvalue weighted by atomic mass is 9.80. The van der Waals surface area contributed by atoms with E-state index in [0.29, 0.717) is 5.75 Å². The van der Waals surface area contributed by atoms with Gasteiger partial charge in [0.05, 0.1) is 31.8 Å². The predicted molar refractivity (Wildman–Crippen MR) is 158 cm³/mol. The number of carbonyl (C=O) groups excluding carboxylic acids is 1. The molecule has 41 heavy (non-hydrogen) atoms. The molecular formula is C33H39N3O5. The lowest BCUT2D eigenvalue weighted by Crippen LogP contribution is -2.38. The molecule has 0 bridgehead atoms. The monoisotopic (exact) mass is 557 g/mol. The average molecular weight is 558 g/mol. The number of aromatic nitrogens is 1. The summed E-state index contributed by atoms with van der Waals surface area (Å²) in [4.78, 5) is 33.9. The third-order valence-corrected chi connectivity index (χ3v) is 8.29. The molecule has 5 rings (SSSR count). The highest BCUT2D eigenvalue weighted by atomic mass is 16.6. The van der Waals surface area contributed by atoms with Crippen molar-refractivity contribution in [2.75, 3.05) is 25.1 Å². The van der Waals surface area contributed by atoms with Crippen LogP contribution >= 0.6 is 0 Å². The molecule has 8 nitrogen and oxygen atoms in total. The second-order valence-corrected chi connectivity index (χ2v) is 12.0. The molecule has 2 aliphatic rings. The third kappa shape index (κ3) is 5.73. The number of hydrogen-bond donors (Lipinski definition) is 1. The van der Waals surface area contributed by atoms with Crippen LogP contribution in [0.4, 0.5) is 10.6 Å². The van der Waals surface area contributed by atoms with Gasteiger partial charge in [0, 0.05) is 29.6 Å². The van der Waals surface area contributed by atoms with Crippen LogP contribution in [0.25, 0.3) is 11.1 Å². The van der Waals surface area contributed by atoms with Crippen molar-refractivity contribution in [3.05, 3.63) is 76.5 Å². The molecule has 2 unspecified atom stereocenters. The number of hydrogen-bond acceptors (Lipinski definition) is 6. The number of carboxylic acids is 1. The molecule has 0 aliphatic carbocycles. The smallest absolute Gasteiger partial charge is 0.411 e. The molecule has 0 spiro atoms. The number of aliphatic carboxylic acids is 1. The number of ether oxygens (including phenoxy) is 2. The van der Waals surface area contributed by atoms with E-state index >= 15 is 0 Å². The standard InChI is InChI=1S/C33H39N3O5/c1-20-14-21(2)16-23(15-20)31-22(3)36(32(39)41-31)19-27-25(9-11-29(34-27)35-12-7-13-35)26-17-24(8-10-28(26)40-6)33(4,5)18-30(37)38/h8-11,14-17,22,31H,7,12-13,18-19H2,1-6H3,(H,37,38). The van der Waals surface area contributed by atoms with Crippen LogP contribution in [0.1, 0.15) is 67.7 Å². The maximum Gasteiger partial charge on any atom is 0.411 e. The SMILES string of the molecule is COc1ccc(C(C)(C)CC(=O)O)cc1-c1ccc(N2CCC2)nc1CN1C(=O)OC(c2cc(C)cc(C)c2)C1C. The molecule has 2 aliphatic heterocycles. The normalized spacial score (nSPS) is 18.7. The fourth-order valence-corrected chi connectivity index (χ4v) is 5.89. The lowest BCUT2D eigenvalue weighted by molar-refractivity contribution is -0.138. The van der Waals surface area contributed by atoms with Crippen LogP contribution in [-0.2, 0) is 21.5 Å². The number of amides is 1. The van der Waals surface area contributed by atoms with Gasteiger partial charge in [-0.25, -0.2) is 9.78 Å². The number of aryl methyl sites for hydroxylation is 2. The first-order valence-electron chi connectivity index (χ1n) is 14.2. The van der Waals surface area contributed by atoms with Crippen LogP contribution in [0.5, 0.6) is 5.75 Å². The zero-order valence-corrected chi connectivity index (χ0v) is 24.7. The summed E-state index contributed by atoms with van der Waals surface area (Å²) in [5.74, 6) is 0.681. The highest BCUT2D eigenvalue weighted by Gasteiger charge is 2.40. The molecule has 3 aromatic rings. The number of pyridine rings is 1. The summed E-state index contributed by atoms with van der Waals surface area (Å²) in [5, 5.41) is 9.51. The maximum atomic E-state index is 13.3. The molecule has 216 valence electrons. The Morgan fingerprint density at radius 2 is 1.78 bits per heavy atom. The van der Waals surface area contributed by atoms with Crippen LogP contribution in [0, 0.1) is 13.8 Å². The Morgan fingerprint density at radius 3 is 2.39 bits per heavy atom. The Bertz CT molecular complexity index is 1460. The Hall–Kier alpha value is -4.07. The van der Waals surface area contributed by atoms with Gasteiger partial charge in [-0.2, -0.15) is 0 Å². The summed E-state index contributed by atoms with van der Waals surface area (Å²) in [6, 6.07) is 15.9. The summed E-state index contributed by atoms with van der Waals surface area (Å²) < 4.78 is 11.7. The second-order valence-electron chi connectivity index (χ2n) is 12.0. The first-order chi connectivity index (χ1) is 19.5. The van der Waals surface area contributed by atoms with Crippen LogP contribution in [-0.4, -0.2) is 53.3 Å². The number of cyclic esters (lactones) is 1. The summed E-state index contributed by atoms with van der Waals surface area (Å²) >= 11 is 0. The van der Waals surface area contributed by atoms with Gasteiger partial charge in [0.25, 0.3) is 0 Å². The molecule has 2 saturated heterocycles. The molecule has 2 atom stereocenters. The average Bonchev–Trinajstić information content (AvgIpc) is 3.14. The first kappa shape index (κ1) is 28.5. The highest BCUT2D eigenvalue weighted by molar-refractivity contribution is 5.77. The van der Waals surface area contributed by atoms with E-state index in [1.54, 1.807) is 12.0 Å². The predicted octanol–water partition coefficient (Wildman–Crippen LogP) is 6.42. The van der Waals surface area contributed by atoms with Gasteiger partial charge in [0.1, 0.15) is 17.7 Å². The van der Waals surface area contributed by atoms with Gasteiger partial charge in [-0.1, -0.05) is 49.2 Å². The van der Waals surface area contributed by atoms with Crippen LogP contribution < -0.4 is 9.64 Å². The summed E-state index contributed by atoms with van der Waals surface area (Å²) in [5.41, 5.74) is 5.94. The van der Waals surface area contributed by atoms with E-state index in [-0.39, 0.29) is 31.2 Å². The Kier molecular flexibility index (Phi) is 7.68. The zero-order valence-electron chi connectivity index (χ0n) is 24.7. The van der Waals surface area contributed by atoms with E-state index in [4.69, 9.17) is 14.5 Å². The van der Waals surface area contributed by atoms with Gasteiger partial charge in [0.15, 0.2) is 0 Å². The van der Waals surface area contributed by atoms with Crippen molar-refractivity contribution in [1.29, 1.82) is 0 Å². The Balaban J connectivity index is 1.55. The minimum atomic E-state index is -0.853. The number of anilines is 1. The molecule has 0 saturated carbocycles. The van der Waals surface area contributed by atoms with E-state index in [2.05, 4.69) is 23.1 Å². The van der Waals surface area contributed by atoms with Crippen molar-refractivity contribution < 1.29 is 24.2 Å². The van der Waals surface area contributed by atoms with Crippen molar-refractivity contribution >= 4 is 17.9 Å². The number of nitrogens with zero attached hydrogens (tertiary/aromatic N) is 3. The summed E-state index contributed by atoms with van der Waals surface area (Å²) in [6.45, 7) is 12.1. The van der Waals surface area contributed by atoms with Crippen LogP contribution in [0.15, 0.2) is 48.5 Å². The number of benzene rings is 2. The van der Waals surface area contributed by atoms with Crippen molar-refractivity contribution in [1.82, 2.24) is 9.88 Å². The first-order valence-corrected chi connectivity index (χ1v) is 14.2. The molecule has 2 aromatic carbocycles. The van der Waals surface area contributed by atoms with Crippen LogP contribution in [0.3, 0.4) is 0 Å². The van der Waals surface area contributed by atoms with E-state index in [1.807, 2.05) is 65.0 Å². The molecule has 3 heterocycles. The van der Waals surface area contributed by atoms with Crippen LogP contribution in [0.2, 0.25) is 0 Å². The van der Waals surface area contributed by atoms with Gasteiger partial charge in [-0.3, -0.25) is 9.69 Å². The molecule has 1 N–H and O–H groups in total. The molecule has 8 heteroatoms. The van der Waals surface area contributed by atoms with Crippen molar-refractivity contribution in [2.45, 2.75) is 71.6 Å². The maximum absolute atomic E-state index is 13.3. The molecule has 0 radical (unpaired) electrons. The summed E-state index contributed by atoms with van der Waals surface area (Å²) in [7, 11) is 1.62. The molecular weight excluding hydrogens is 518 g/mol. The second kappa shape index (κ2) is 11.1. The minimum absolute atomic E-state index is 0.00523. The molecule has 1 amide bonds. The van der Waals surface area contributed by atoms with E-state index in [1.165, 1.54) is 0 Å². The third-order valence-electron chi connectivity index (χ3n) is 8.29. The lowest BCUT2D eigenvalue weighted by Gasteiger charge is -2.33. The van der Waals surface area contributed by atoms with Gasteiger partial charge >= 0.3 is 12.1 Å². The number of rotatable bonds is 9. The minimum Gasteiger partial charge on any atom is -0.496 e. The highest BCUT2D eigenvalue weighted by Crippen LogP contribution is 2.40. The quantitative estimate of drug-likeness (QED) is 0.325. The zero-order chi connectivity index (χ0) is 29.5. The molecule has 1 aromatic heterocycles. The van der Waals surface area contributed by atoms with Gasteiger partial charge in [0.2, 0.25) is 0 Å². The van der Waals surface area contributed by atoms with Gasteiger partial charge in [-0.05, 0) is 62.6 Å². The number of carbonyl (C=O) groups is 2. The van der Waals surface area contributed by atoms with E-state index < -0.39 is 11.4 Å². The Morgan fingerprint density at radius 1 is 1.07 bits per heavy atom.